The number of amides is 1. The van der Waals surface area contributed by atoms with Crippen LogP contribution in [0.25, 0.3) is 0 Å². The highest BCUT2D eigenvalue weighted by atomic mass is 19.1. The van der Waals surface area contributed by atoms with Gasteiger partial charge in [-0.1, -0.05) is 0 Å². The fraction of sp³-hybridized carbons (Fsp3) is 0.462. The van der Waals surface area contributed by atoms with E-state index in [1.807, 2.05) is 0 Å². The summed E-state index contributed by atoms with van der Waals surface area (Å²) in [6.45, 7) is 1.85. The van der Waals surface area contributed by atoms with Crippen LogP contribution >= 0.6 is 0 Å². The van der Waals surface area contributed by atoms with E-state index in [-0.39, 0.29) is 31.4 Å². The second-order valence-electron chi connectivity index (χ2n) is 4.86. The van der Waals surface area contributed by atoms with Crippen LogP contribution in [-0.2, 0) is 4.74 Å². The number of rotatable bonds is 3. The number of nitrogens with zero attached hydrogens (tertiary/aromatic N) is 2. The Bertz CT molecular complexity index is 565. The molecule has 0 saturated carbocycles. The zero-order valence-corrected chi connectivity index (χ0v) is 11.4. The fourth-order valence-corrected chi connectivity index (χ4v) is 2.20. The average molecular weight is 298 g/mol. The highest BCUT2D eigenvalue weighted by Crippen LogP contribution is 2.24. The van der Waals surface area contributed by atoms with Gasteiger partial charge in [0.15, 0.2) is 0 Å². The van der Waals surface area contributed by atoms with Gasteiger partial charge < -0.3 is 14.7 Å². The van der Waals surface area contributed by atoms with Crippen LogP contribution in [0.1, 0.15) is 17.3 Å². The number of carbonyl (C=O) groups excluding carboxylic acids is 1. The van der Waals surface area contributed by atoms with Gasteiger partial charge in [0.25, 0.3) is 11.6 Å². The van der Waals surface area contributed by atoms with Gasteiger partial charge in [-0.2, -0.15) is 0 Å². The zero-order chi connectivity index (χ0) is 15.6. The molecule has 0 radical (unpaired) electrons. The van der Waals surface area contributed by atoms with Crippen LogP contribution in [0, 0.1) is 15.9 Å². The zero-order valence-electron chi connectivity index (χ0n) is 11.4. The summed E-state index contributed by atoms with van der Waals surface area (Å²) in [5.41, 5.74) is -0.744. The molecule has 1 heterocycles. The van der Waals surface area contributed by atoms with E-state index in [0.29, 0.717) is 0 Å². The van der Waals surface area contributed by atoms with Crippen molar-refractivity contribution in [2.24, 2.45) is 0 Å². The first-order valence-electron chi connectivity index (χ1n) is 6.41. The second kappa shape index (κ2) is 6.15. The van der Waals surface area contributed by atoms with Crippen LogP contribution < -0.4 is 0 Å². The molecule has 1 aliphatic rings. The number of hydrogen-bond acceptors (Lipinski definition) is 5. The van der Waals surface area contributed by atoms with Crippen molar-refractivity contribution >= 4 is 11.6 Å². The molecule has 114 valence electrons. The molecule has 2 rings (SSSR count). The van der Waals surface area contributed by atoms with E-state index in [4.69, 9.17) is 9.84 Å². The van der Waals surface area contributed by atoms with Crippen molar-refractivity contribution in [2.45, 2.75) is 19.1 Å². The monoisotopic (exact) mass is 298 g/mol. The third-order valence-electron chi connectivity index (χ3n) is 3.36. The standard InChI is InChI=1S/C13H15FN2O5/c1-8-7-21-10(6-17)5-15(8)13(18)11-3-2-9(14)4-12(11)16(19)20/h2-4,8,10,17H,5-7H2,1H3. The van der Waals surface area contributed by atoms with Gasteiger partial charge in [-0.25, -0.2) is 4.39 Å². The number of aliphatic hydroxyl groups excluding tert-OH is 1. The molecule has 8 heteroatoms. The Morgan fingerprint density at radius 2 is 2.33 bits per heavy atom. The molecular weight excluding hydrogens is 283 g/mol. The molecule has 21 heavy (non-hydrogen) atoms. The van der Waals surface area contributed by atoms with E-state index in [2.05, 4.69) is 0 Å². The summed E-state index contributed by atoms with van der Waals surface area (Å²) in [7, 11) is 0. The van der Waals surface area contributed by atoms with E-state index in [1.54, 1.807) is 6.92 Å². The van der Waals surface area contributed by atoms with Crippen molar-refractivity contribution in [1.82, 2.24) is 4.90 Å². The largest absolute Gasteiger partial charge is 0.394 e. The second-order valence-corrected chi connectivity index (χ2v) is 4.86. The Hall–Kier alpha value is -2.06. The maximum atomic E-state index is 13.1. The Kier molecular flexibility index (Phi) is 4.49. The van der Waals surface area contributed by atoms with Crippen LogP contribution in [-0.4, -0.2) is 52.7 Å². The summed E-state index contributed by atoms with van der Waals surface area (Å²) in [4.78, 5) is 24.0. The smallest absolute Gasteiger partial charge is 0.285 e. The van der Waals surface area contributed by atoms with Crippen LogP contribution in [0.5, 0.6) is 0 Å². The van der Waals surface area contributed by atoms with Gasteiger partial charge in [0.2, 0.25) is 0 Å². The van der Waals surface area contributed by atoms with Crippen LogP contribution in [0.4, 0.5) is 10.1 Å². The lowest BCUT2D eigenvalue weighted by atomic mass is 10.1. The third kappa shape index (κ3) is 3.17. The lowest BCUT2D eigenvalue weighted by molar-refractivity contribution is -0.385. The van der Waals surface area contributed by atoms with E-state index in [0.717, 1.165) is 18.2 Å². The van der Waals surface area contributed by atoms with Crippen LogP contribution in [0.3, 0.4) is 0 Å². The lowest BCUT2D eigenvalue weighted by Crippen LogP contribution is -2.52. The number of halogens is 1. The van der Waals surface area contributed by atoms with Crippen molar-refractivity contribution in [3.8, 4) is 0 Å². The van der Waals surface area contributed by atoms with Crippen molar-refractivity contribution in [1.29, 1.82) is 0 Å². The van der Waals surface area contributed by atoms with Crippen molar-refractivity contribution in [2.75, 3.05) is 19.8 Å². The normalized spacial score (nSPS) is 22.1. The maximum Gasteiger partial charge on any atom is 0.285 e. The van der Waals surface area contributed by atoms with Gasteiger partial charge in [0.05, 0.1) is 36.3 Å². The van der Waals surface area contributed by atoms with Crippen molar-refractivity contribution in [3.05, 3.63) is 39.7 Å². The molecule has 0 spiro atoms. The number of hydrogen-bond donors (Lipinski definition) is 1. The predicted molar refractivity (Wildman–Crippen MR) is 70.4 cm³/mol. The summed E-state index contributed by atoms with van der Waals surface area (Å²) in [5, 5.41) is 20.1. The molecule has 1 fully saturated rings. The maximum absolute atomic E-state index is 13.1. The SMILES string of the molecule is CC1COC(CO)CN1C(=O)c1ccc(F)cc1[N+](=O)[O-]. The summed E-state index contributed by atoms with van der Waals surface area (Å²) in [6.07, 6.45) is -0.523. The van der Waals surface area contributed by atoms with E-state index in [1.165, 1.54) is 4.90 Å². The minimum Gasteiger partial charge on any atom is -0.394 e. The molecule has 7 nitrogen and oxygen atoms in total. The highest BCUT2D eigenvalue weighted by Gasteiger charge is 2.33. The average Bonchev–Trinajstić information content (AvgIpc) is 2.47. The molecule has 2 unspecified atom stereocenters. The number of nitro benzene ring substituents is 1. The van der Waals surface area contributed by atoms with Gasteiger partial charge in [0.1, 0.15) is 11.4 Å². The summed E-state index contributed by atoms with van der Waals surface area (Å²) < 4.78 is 18.4. The van der Waals surface area contributed by atoms with Gasteiger partial charge in [0, 0.05) is 6.54 Å². The van der Waals surface area contributed by atoms with E-state index in [9.17, 15) is 19.3 Å². The van der Waals surface area contributed by atoms with Crippen LogP contribution in [0.15, 0.2) is 18.2 Å². The fourth-order valence-electron chi connectivity index (χ4n) is 2.20. The molecule has 1 N–H and O–H groups in total. The molecular formula is C13H15FN2O5. The predicted octanol–water partition coefficient (Wildman–Crippen LogP) is 0.956. The number of morpholine rings is 1. The topological polar surface area (TPSA) is 92.9 Å². The Labute approximate surface area is 120 Å². The van der Waals surface area contributed by atoms with Gasteiger partial charge in [-0.3, -0.25) is 14.9 Å². The number of nitro groups is 1. The molecule has 0 aliphatic carbocycles. The van der Waals surface area contributed by atoms with Gasteiger partial charge in [-0.05, 0) is 19.1 Å². The summed E-state index contributed by atoms with van der Waals surface area (Å²) in [5.74, 6) is -1.35. The molecule has 1 aromatic rings. The first kappa shape index (κ1) is 15.3. The molecule has 1 aliphatic heterocycles. The molecule has 1 aromatic carbocycles. The Morgan fingerprint density at radius 1 is 1.62 bits per heavy atom. The van der Waals surface area contributed by atoms with Gasteiger partial charge >= 0.3 is 0 Å². The first-order chi connectivity index (χ1) is 9.93. The third-order valence-corrected chi connectivity index (χ3v) is 3.36. The molecule has 0 aromatic heterocycles. The minimum absolute atomic E-state index is 0.130. The van der Waals surface area contributed by atoms with Crippen molar-refractivity contribution in [3.63, 3.8) is 0 Å². The Balaban J connectivity index is 2.32. The van der Waals surface area contributed by atoms with Crippen molar-refractivity contribution < 1.29 is 24.0 Å². The number of ether oxygens (including phenoxy) is 1. The number of aliphatic hydroxyl groups is 1. The highest BCUT2D eigenvalue weighted by molar-refractivity contribution is 5.98. The summed E-state index contributed by atoms with van der Waals surface area (Å²) >= 11 is 0. The molecule has 2 atom stereocenters. The van der Waals surface area contributed by atoms with Crippen LogP contribution in [0.2, 0.25) is 0 Å². The molecule has 1 saturated heterocycles. The number of carbonyl (C=O) groups is 1. The number of benzene rings is 1. The first-order valence-corrected chi connectivity index (χ1v) is 6.41. The van der Waals surface area contributed by atoms with E-state index >= 15 is 0 Å². The Morgan fingerprint density at radius 3 is 2.95 bits per heavy atom. The molecule has 1 amide bonds. The van der Waals surface area contributed by atoms with Gasteiger partial charge in [-0.15, -0.1) is 0 Å². The summed E-state index contributed by atoms with van der Waals surface area (Å²) in [6, 6.07) is 2.55. The quantitative estimate of drug-likeness (QED) is 0.662. The van der Waals surface area contributed by atoms with E-state index < -0.39 is 28.4 Å². The minimum atomic E-state index is -0.787. The molecule has 0 bridgehead atoms. The lowest BCUT2D eigenvalue weighted by Gasteiger charge is -2.37.